The summed E-state index contributed by atoms with van der Waals surface area (Å²) in [6.07, 6.45) is 17.0. The molecule has 0 radical (unpaired) electrons. The fraction of sp³-hybridized carbons (Fsp3) is 0.846. The van der Waals surface area contributed by atoms with Crippen molar-refractivity contribution in [2.24, 2.45) is 52.8 Å². The van der Waals surface area contributed by atoms with Crippen LogP contribution in [-0.2, 0) is 11.3 Å². The molecular weight excluding hydrogens is 388 g/mol. The molecule has 0 N–H and O–H groups in total. The number of carbonyl (C=O) groups excluding carboxylic acids is 1. The predicted octanol–water partition coefficient (Wildman–Crippen LogP) is 6.33. The highest BCUT2D eigenvalue weighted by Gasteiger charge is 2.70. The number of aromatic nitrogens is 2. The lowest BCUT2D eigenvalue weighted by Gasteiger charge is -2.56. The van der Waals surface area contributed by atoms with Crippen LogP contribution in [-0.4, -0.2) is 21.8 Å². The first-order chi connectivity index (χ1) is 14.5. The number of carbonyl (C=O) groups is 1. The van der Waals surface area contributed by atoms with E-state index in [0.29, 0.717) is 18.2 Å². The minimum Gasteiger partial charge on any atom is -0.297 e. The molecule has 0 aliphatic heterocycles. The first kappa shape index (κ1) is 21.1. The van der Waals surface area contributed by atoms with E-state index in [-0.39, 0.29) is 11.3 Å². The van der Waals surface area contributed by atoms with E-state index in [9.17, 15) is 4.79 Å². The normalized spacial score (nSPS) is 44.3. The van der Waals surface area contributed by atoms with Gasteiger partial charge in [0.15, 0.2) is 5.78 Å². The lowest BCUT2D eigenvalue weighted by Crippen LogP contribution is -2.50. The Morgan fingerprint density at radius 3 is 2.73 bits per heavy atom. The summed E-state index contributed by atoms with van der Waals surface area (Å²) in [4.78, 5) is 14.7. The van der Waals surface area contributed by atoms with Gasteiger partial charge in [0.25, 0.3) is 0 Å². The van der Waals surface area contributed by atoms with Gasteiger partial charge in [0.05, 0.1) is 12.7 Å². The van der Waals surface area contributed by atoms with Crippen molar-refractivity contribution in [2.75, 3.05) is 6.26 Å². The molecule has 4 aliphatic carbocycles. The molecule has 9 unspecified atom stereocenters. The van der Waals surface area contributed by atoms with Crippen LogP contribution in [0.25, 0.3) is 0 Å². The van der Waals surface area contributed by atoms with E-state index in [1.54, 1.807) is 11.8 Å². The van der Waals surface area contributed by atoms with Gasteiger partial charge in [-0.25, -0.2) is 0 Å². The van der Waals surface area contributed by atoms with Gasteiger partial charge in [-0.2, -0.15) is 5.10 Å². The van der Waals surface area contributed by atoms with Gasteiger partial charge in [0.2, 0.25) is 0 Å². The third-order valence-electron chi connectivity index (χ3n) is 9.96. The zero-order chi connectivity index (χ0) is 21.0. The molecule has 0 saturated heterocycles. The van der Waals surface area contributed by atoms with E-state index in [4.69, 9.17) is 0 Å². The van der Waals surface area contributed by atoms with Crippen LogP contribution in [0.3, 0.4) is 0 Å². The molecule has 166 valence electrons. The number of ketones is 1. The molecule has 0 spiro atoms. The van der Waals surface area contributed by atoms with Gasteiger partial charge in [0, 0.05) is 17.0 Å². The molecule has 4 fully saturated rings. The molecule has 4 heteroatoms. The van der Waals surface area contributed by atoms with Crippen molar-refractivity contribution in [3.8, 4) is 0 Å². The van der Waals surface area contributed by atoms with Gasteiger partial charge in [-0.3, -0.25) is 9.48 Å². The zero-order valence-corrected chi connectivity index (χ0v) is 20.2. The van der Waals surface area contributed by atoms with Gasteiger partial charge in [-0.1, -0.05) is 40.0 Å². The molecule has 0 bridgehead atoms. The van der Waals surface area contributed by atoms with Gasteiger partial charge in [-0.05, 0) is 85.2 Å². The maximum atomic E-state index is 13.6. The minimum atomic E-state index is 0.247. The van der Waals surface area contributed by atoms with Gasteiger partial charge < -0.3 is 0 Å². The topological polar surface area (TPSA) is 34.9 Å². The number of nitrogens with zero attached hydrogens (tertiary/aromatic N) is 2. The Morgan fingerprint density at radius 1 is 1.20 bits per heavy atom. The van der Waals surface area contributed by atoms with E-state index >= 15 is 0 Å². The summed E-state index contributed by atoms with van der Waals surface area (Å²) in [6.45, 7) is 7.78. The SMILES string of the molecule is CCCC1C(CC)CCC2C1CCC1(C)C(C(=O)Cn3cc(SC)cn3)C3CC3C21. The summed E-state index contributed by atoms with van der Waals surface area (Å²) < 4.78 is 1.89. The van der Waals surface area contributed by atoms with Crippen LogP contribution in [0, 0.1) is 52.8 Å². The van der Waals surface area contributed by atoms with Crippen LogP contribution in [0.5, 0.6) is 0 Å². The molecule has 3 nitrogen and oxygen atoms in total. The van der Waals surface area contributed by atoms with Crippen molar-refractivity contribution >= 4 is 17.5 Å². The monoisotopic (exact) mass is 428 g/mol. The van der Waals surface area contributed by atoms with E-state index in [0.717, 1.165) is 40.4 Å². The Labute approximate surface area is 187 Å². The van der Waals surface area contributed by atoms with Gasteiger partial charge >= 0.3 is 0 Å². The first-order valence-corrected chi connectivity index (χ1v) is 13.8. The summed E-state index contributed by atoms with van der Waals surface area (Å²) in [5.74, 6) is 6.81. The molecule has 0 amide bonds. The summed E-state index contributed by atoms with van der Waals surface area (Å²) in [5, 5.41) is 4.45. The Morgan fingerprint density at radius 2 is 2.03 bits per heavy atom. The number of Topliss-reactive ketones (excluding diaryl/α,β-unsaturated/α-hetero) is 1. The fourth-order valence-corrected chi connectivity index (χ4v) is 9.27. The second-order valence-electron chi connectivity index (χ2n) is 11.2. The highest BCUT2D eigenvalue weighted by Crippen LogP contribution is 2.74. The lowest BCUT2D eigenvalue weighted by molar-refractivity contribution is -0.133. The van der Waals surface area contributed by atoms with Gasteiger partial charge in [0.1, 0.15) is 0 Å². The van der Waals surface area contributed by atoms with Crippen LogP contribution in [0.4, 0.5) is 0 Å². The van der Waals surface area contributed by atoms with Crippen molar-refractivity contribution in [3.63, 3.8) is 0 Å². The summed E-state index contributed by atoms with van der Waals surface area (Å²) in [5.41, 5.74) is 0.247. The van der Waals surface area contributed by atoms with Crippen LogP contribution in [0.15, 0.2) is 17.3 Å². The largest absolute Gasteiger partial charge is 0.297 e. The number of thioether (sulfide) groups is 1. The average Bonchev–Trinajstić information content (AvgIpc) is 3.24. The molecule has 1 aromatic heterocycles. The maximum absolute atomic E-state index is 13.6. The Hall–Kier alpha value is -0.770. The molecular formula is C26H40N2OS. The van der Waals surface area contributed by atoms with Crippen LogP contribution >= 0.6 is 11.8 Å². The number of fused-ring (bicyclic) bond motifs is 5. The molecule has 4 aliphatic rings. The van der Waals surface area contributed by atoms with E-state index in [2.05, 4.69) is 32.1 Å². The standard InChI is InChI=1S/C26H40N2OS/c1-5-7-18-16(6-2)8-9-20-19(18)10-11-26(3)24(20)21-12-22(21)25(26)23(29)15-28-14-17(30-4)13-27-28/h13-14,16,18-22,24-25H,5-12,15H2,1-4H3. The fourth-order valence-electron chi connectivity index (χ4n) is 8.89. The summed E-state index contributed by atoms with van der Waals surface area (Å²) >= 11 is 1.70. The molecule has 0 aromatic carbocycles. The minimum absolute atomic E-state index is 0.247. The van der Waals surface area contributed by atoms with Crippen LogP contribution < -0.4 is 0 Å². The number of hydrogen-bond donors (Lipinski definition) is 0. The summed E-state index contributed by atoms with van der Waals surface area (Å²) in [6, 6.07) is 0. The molecule has 5 rings (SSSR count). The van der Waals surface area contributed by atoms with Crippen LogP contribution in [0.1, 0.15) is 72.1 Å². The summed E-state index contributed by atoms with van der Waals surface area (Å²) in [7, 11) is 0. The Bertz CT molecular complexity index is 790. The van der Waals surface area contributed by atoms with E-state index in [1.807, 2.05) is 17.1 Å². The zero-order valence-electron chi connectivity index (χ0n) is 19.3. The smallest absolute Gasteiger partial charge is 0.158 e. The van der Waals surface area contributed by atoms with E-state index in [1.165, 1.54) is 51.4 Å². The second kappa shape index (κ2) is 7.98. The molecule has 9 atom stereocenters. The van der Waals surface area contributed by atoms with Crippen molar-refractivity contribution in [1.82, 2.24) is 9.78 Å². The molecule has 1 aromatic rings. The maximum Gasteiger partial charge on any atom is 0.158 e. The average molecular weight is 429 g/mol. The van der Waals surface area contributed by atoms with Gasteiger partial charge in [-0.15, -0.1) is 11.8 Å². The Balaban J connectivity index is 1.36. The third-order valence-corrected chi connectivity index (χ3v) is 10.6. The highest BCUT2D eigenvalue weighted by atomic mass is 32.2. The van der Waals surface area contributed by atoms with E-state index < -0.39 is 0 Å². The quantitative estimate of drug-likeness (QED) is 0.476. The van der Waals surface area contributed by atoms with Crippen molar-refractivity contribution in [1.29, 1.82) is 0 Å². The van der Waals surface area contributed by atoms with Crippen molar-refractivity contribution in [3.05, 3.63) is 12.4 Å². The second-order valence-corrected chi connectivity index (χ2v) is 12.1. The molecule has 4 saturated carbocycles. The molecule has 1 heterocycles. The molecule has 30 heavy (non-hydrogen) atoms. The van der Waals surface area contributed by atoms with Crippen molar-refractivity contribution in [2.45, 2.75) is 83.6 Å². The number of hydrogen-bond acceptors (Lipinski definition) is 3. The Kier molecular flexibility index (Phi) is 5.61. The number of rotatable bonds is 7. The van der Waals surface area contributed by atoms with Crippen molar-refractivity contribution < 1.29 is 4.79 Å². The predicted molar refractivity (Wildman–Crippen MR) is 123 cm³/mol. The first-order valence-electron chi connectivity index (χ1n) is 12.6. The lowest BCUT2D eigenvalue weighted by atomic mass is 9.49. The highest BCUT2D eigenvalue weighted by molar-refractivity contribution is 7.98. The third kappa shape index (κ3) is 3.22. The van der Waals surface area contributed by atoms with Crippen LogP contribution in [0.2, 0.25) is 0 Å².